The fraction of sp³-hybridized carbons (Fsp3) is 0.462. The van der Waals surface area contributed by atoms with E-state index in [1.54, 1.807) is 28.4 Å². The first-order valence-electron chi connectivity index (χ1n) is 6.83. The molecule has 0 aromatic carbocycles. The molecule has 21 heavy (non-hydrogen) atoms. The lowest BCUT2D eigenvalue weighted by molar-refractivity contribution is 0.208. The topological polar surface area (TPSA) is 66.3 Å². The summed E-state index contributed by atoms with van der Waals surface area (Å²) in [5.41, 5.74) is 1.77. The maximum Gasteiger partial charge on any atom is 0.322 e. The van der Waals surface area contributed by atoms with Crippen LogP contribution in [0.3, 0.4) is 0 Å². The van der Waals surface area contributed by atoms with Gasteiger partial charge in [0.1, 0.15) is 0 Å². The minimum Gasteiger partial charge on any atom is -0.345 e. The molecule has 2 amide bonds. The van der Waals surface area contributed by atoms with Crippen molar-refractivity contribution in [3.05, 3.63) is 23.5 Å². The number of urea groups is 1. The van der Waals surface area contributed by atoms with Crippen LogP contribution >= 0.6 is 11.3 Å². The van der Waals surface area contributed by atoms with Gasteiger partial charge in [-0.05, 0) is 6.92 Å². The van der Waals surface area contributed by atoms with Crippen LogP contribution in [0.4, 0.5) is 15.6 Å². The summed E-state index contributed by atoms with van der Waals surface area (Å²) in [4.78, 5) is 20.7. The van der Waals surface area contributed by atoms with Crippen molar-refractivity contribution in [3.63, 3.8) is 0 Å². The van der Waals surface area contributed by atoms with Gasteiger partial charge in [-0.3, -0.25) is 4.68 Å². The zero-order valence-corrected chi connectivity index (χ0v) is 12.9. The third-order valence-corrected chi connectivity index (χ3v) is 4.42. The van der Waals surface area contributed by atoms with Gasteiger partial charge in [-0.1, -0.05) is 0 Å². The van der Waals surface area contributed by atoms with Crippen LogP contribution in [0.5, 0.6) is 0 Å². The lowest BCUT2D eigenvalue weighted by Gasteiger charge is -2.34. The Balaban J connectivity index is 1.54. The highest BCUT2D eigenvalue weighted by Crippen LogP contribution is 2.21. The van der Waals surface area contributed by atoms with Gasteiger partial charge in [0.25, 0.3) is 0 Å². The molecule has 1 aliphatic rings. The summed E-state index contributed by atoms with van der Waals surface area (Å²) in [6, 6.07) is -0.0713. The van der Waals surface area contributed by atoms with Gasteiger partial charge >= 0.3 is 6.03 Å². The number of nitrogens with one attached hydrogen (secondary N) is 1. The Morgan fingerprint density at radius 2 is 2.10 bits per heavy atom. The van der Waals surface area contributed by atoms with Crippen molar-refractivity contribution in [2.24, 2.45) is 7.05 Å². The average molecular weight is 306 g/mol. The summed E-state index contributed by atoms with van der Waals surface area (Å²) in [5, 5.41) is 9.99. The first kappa shape index (κ1) is 13.9. The van der Waals surface area contributed by atoms with Crippen LogP contribution < -0.4 is 10.2 Å². The number of carbonyl (C=O) groups is 1. The third kappa shape index (κ3) is 3.15. The smallest absolute Gasteiger partial charge is 0.322 e. The minimum absolute atomic E-state index is 0.0713. The molecule has 0 saturated carbocycles. The van der Waals surface area contributed by atoms with Crippen molar-refractivity contribution in [1.82, 2.24) is 19.7 Å². The van der Waals surface area contributed by atoms with E-state index in [4.69, 9.17) is 0 Å². The molecule has 8 heteroatoms. The van der Waals surface area contributed by atoms with Crippen LogP contribution in [0.2, 0.25) is 0 Å². The summed E-state index contributed by atoms with van der Waals surface area (Å²) >= 11 is 1.66. The predicted molar refractivity (Wildman–Crippen MR) is 82.9 cm³/mol. The van der Waals surface area contributed by atoms with Crippen molar-refractivity contribution in [2.75, 3.05) is 36.4 Å². The standard InChI is InChI=1S/C13H18N6OS/c1-10-9-21-13(15-10)19-5-3-18(4-6-19)12(20)16-11-7-14-17(2)8-11/h7-9H,3-6H2,1-2H3,(H,16,20). The van der Waals surface area contributed by atoms with E-state index in [9.17, 15) is 4.79 Å². The number of aromatic nitrogens is 3. The van der Waals surface area contributed by atoms with E-state index in [2.05, 4.69) is 25.7 Å². The van der Waals surface area contributed by atoms with Crippen LogP contribution in [-0.2, 0) is 7.05 Å². The normalized spacial score (nSPS) is 15.3. The number of rotatable bonds is 2. The molecule has 0 radical (unpaired) electrons. The van der Waals surface area contributed by atoms with Crippen LogP contribution in [0.25, 0.3) is 0 Å². The summed E-state index contributed by atoms with van der Waals surface area (Å²) in [6.45, 7) is 5.02. The van der Waals surface area contributed by atoms with E-state index in [0.717, 1.165) is 29.6 Å². The van der Waals surface area contributed by atoms with Gasteiger partial charge in [-0.15, -0.1) is 11.3 Å². The summed E-state index contributed by atoms with van der Waals surface area (Å²) < 4.78 is 1.67. The number of hydrogen-bond acceptors (Lipinski definition) is 5. The van der Waals surface area contributed by atoms with Crippen molar-refractivity contribution in [3.8, 4) is 0 Å². The van der Waals surface area contributed by atoms with E-state index in [0.29, 0.717) is 13.1 Å². The number of anilines is 2. The van der Waals surface area contributed by atoms with E-state index in [1.165, 1.54) is 0 Å². The van der Waals surface area contributed by atoms with E-state index >= 15 is 0 Å². The first-order chi connectivity index (χ1) is 10.1. The molecule has 0 bridgehead atoms. The molecule has 3 rings (SSSR count). The fourth-order valence-corrected chi connectivity index (χ4v) is 3.13. The fourth-order valence-electron chi connectivity index (χ4n) is 2.28. The molecule has 0 aliphatic carbocycles. The molecule has 2 aromatic rings. The zero-order valence-electron chi connectivity index (χ0n) is 12.1. The molecule has 1 saturated heterocycles. The number of carbonyl (C=O) groups excluding carboxylic acids is 1. The number of thiazole rings is 1. The van der Waals surface area contributed by atoms with Crippen molar-refractivity contribution < 1.29 is 4.79 Å². The van der Waals surface area contributed by atoms with Crippen molar-refractivity contribution >= 4 is 28.2 Å². The second-order valence-corrected chi connectivity index (χ2v) is 5.91. The molecular weight excluding hydrogens is 288 g/mol. The molecule has 1 N–H and O–H groups in total. The van der Waals surface area contributed by atoms with Crippen LogP contribution in [0.15, 0.2) is 17.8 Å². The van der Waals surface area contributed by atoms with Crippen LogP contribution in [-0.4, -0.2) is 51.9 Å². The maximum absolute atomic E-state index is 12.2. The Labute approximate surface area is 127 Å². The zero-order chi connectivity index (χ0) is 14.8. The molecule has 3 heterocycles. The molecule has 1 aliphatic heterocycles. The Hall–Kier alpha value is -2.09. The second-order valence-electron chi connectivity index (χ2n) is 5.08. The summed E-state index contributed by atoms with van der Waals surface area (Å²) in [5.74, 6) is 0. The highest BCUT2D eigenvalue weighted by molar-refractivity contribution is 7.13. The first-order valence-corrected chi connectivity index (χ1v) is 7.71. The van der Waals surface area contributed by atoms with E-state index in [-0.39, 0.29) is 6.03 Å². The lowest BCUT2D eigenvalue weighted by Crippen LogP contribution is -2.50. The third-order valence-electron chi connectivity index (χ3n) is 3.40. The highest BCUT2D eigenvalue weighted by Gasteiger charge is 2.22. The Morgan fingerprint density at radius 3 is 2.67 bits per heavy atom. The monoisotopic (exact) mass is 306 g/mol. The van der Waals surface area contributed by atoms with Gasteiger partial charge in [-0.25, -0.2) is 9.78 Å². The van der Waals surface area contributed by atoms with Gasteiger partial charge in [0.05, 0.1) is 17.6 Å². The van der Waals surface area contributed by atoms with Crippen LogP contribution in [0, 0.1) is 6.92 Å². The van der Waals surface area contributed by atoms with Gasteiger partial charge < -0.3 is 15.1 Å². The minimum atomic E-state index is -0.0713. The quantitative estimate of drug-likeness (QED) is 0.914. The Morgan fingerprint density at radius 1 is 1.33 bits per heavy atom. The summed E-state index contributed by atoms with van der Waals surface area (Å²) in [6.07, 6.45) is 3.43. The Kier molecular flexibility index (Phi) is 3.78. The average Bonchev–Trinajstić information content (AvgIpc) is 3.08. The molecular formula is C13H18N6OS. The number of piperazine rings is 1. The van der Waals surface area contributed by atoms with Gasteiger partial charge in [0.15, 0.2) is 5.13 Å². The lowest BCUT2D eigenvalue weighted by atomic mass is 10.3. The second kappa shape index (κ2) is 5.72. The van der Waals surface area contributed by atoms with Crippen LogP contribution in [0.1, 0.15) is 5.69 Å². The SMILES string of the molecule is Cc1csc(N2CCN(C(=O)Nc3cnn(C)c3)CC2)n1. The molecule has 2 aromatic heterocycles. The Bertz CT molecular complexity index is 628. The van der Waals surface area contributed by atoms with Gasteiger partial charge in [0.2, 0.25) is 0 Å². The van der Waals surface area contributed by atoms with Gasteiger partial charge in [-0.2, -0.15) is 5.10 Å². The number of hydrogen-bond donors (Lipinski definition) is 1. The number of aryl methyl sites for hydroxylation is 2. The number of amides is 2. The molecule has 112 valence electrons. The largest absolute Gasteiger partial charge is 0.345 e. The van der Waals surface area contributed by atoms with Gasteiger partial charge in [0, 0.05) is 44.8 Å². The maximum atomic E-state index is 12.2. The summed E-state index contributed by atoms with van der Waals surface area (Å²) in [7, 11) is 1.82. The van der Waals surface area contributed by atoms with Crippen molar-refractivity contribution in [1.29, 1.82) is 0 Å². The molecule has 0 unspecified atom stereocenters. The number of nitrogens with zero attached hydrogens (tertiary/aromatic N) is 5. The molecule has 1 fully saturated rings. The van der Waals surface area contributed by atoms with E-state index in [1.807, 2.05) is 18.9 Å². The molecule has 0 spiro atoms. The molecule has 7 nitrogen and oxygen atoms in total. The highest BCUT2D eigenvalue weighted by atomic mass is 32.1. The van der Waals surface area contributed by atoms with Crippen molar-refractivity contribution in [2.45, 2.75) is 6.92 Å². The predicted octanol–water partition coefficient (Wildman–Crippen LogP) is 1.54. The van der Waals surface area contributed by atoms with E-state index < -0.39 is 0 Å². The molecule has 0 atom stereocenters.